The fraction of sp³-hybridized carbons (Fsp3) is 0.318. The summed E-state index contributed by atoms with van der Waals surface area (Å²) in [5.74, 6) is -0.997. The monoisotopic (exact) mass is 410 g/mol. The number of nitrogens with zero attached hydrogens (tertiary/aromatic N) is 1. The van der Waals surface area contributed by atoms with Gasteiger partial charge in [0.25, 0.3) is 5.91 Å². The Kier molecular flexibility index (Phi) is 6.90. The van der Waals surface area contributed by atoms with E-state index in [1.807, 2.05) is 19.1 Å². The predicted octanol–water partition coefficient (Wildman–Crippen LogP) is 2.56. The number of anilines is 2. The van der Waals surface area contributed by atoms with E-state index in [4.69, 9.17) is 10.5 Å². The van der Waals surface area contributed by atoms with Crippen LogP contribution in [-0.4, -0.2) is 37.6 Å². The first-order chi connectivity index (χ1) is 14.4. The average molecular weight is 410 g/mol. The summed E-state index contributed by atoms with van der Waals surface area (Å²) in [5.41, 5.74) is 8.94. The van der Waals surface area contributed by atoms with Crippen molar-refractivity contribution in [3.8, 4) is 0 Å². The number of primary amides is 1. The van der Waals surface area contributed by atoms with Crippen LogP contribution in [0.5, 0.6) is 0 Å². The summed E-state index contributed by atoms with van der Waals surface area (Å²) in [7, 11) is 0. The van der Waals surface area contributed by atoms with Gasteiger partial charge in [-0.1, -0.05) is 12.1 Å². The number of urea groups is 1. The molecular weight excluding hydrogens is 384 g/mol. The number of nitrogens with two attached hydrogens (primary N) is 1. The van der Waals surface area contributed by atoms with Crippen molar-refractivity contribution < 1.29 is 19.1 Å². The number of rotatable bonds is 7. The maximum atomic E-state index is 12.2. The number of esters is 1. The summed E-state index contributed by atoms with van der Waals surface area (Å²) in [6.07, 6.45) is 2.41. The summed E-state index contributed by atoms with van der Waals surface area (Å²) >= 11 is 0. The molecule has 8 nitrogen and oxygen atoms in total. The number of hydrogen-bond acceptors (Lipinski definition) is 5. The highest BCUT2D eigenvalue weighted by Gasteiger charge is 2.15. The summed E-state index contributed by atoms with van der Waals surface area (Å²) in [6.45, 7) is 3.95. The SMILES string of the molecule is Cc1cc(N2CCCC2)ccc1NC(=O)COC(=O)c1ccc(CNC(N)=O)cc1. The minimum Gasteiger partial charge on any atom is -0.452 e. The van der Waals surface area contributed by atoms with E-state index in [1.165, 1.54) is 12.8 Å². The molecule has 1 saturated heterocycles. The highest BCUT2D eigenvalue weighted by molar-refractivity contribution is 5.96. The number of nitrogens with one attached hydrogen (secondary N) is 2. The van der Waals surface area contributed by atoms with Gasteiger partial charge in [-0.25, -0.2) is 9.59 Å². The number of carbonyl (C=O) groups excluding carboxylic acids is 3. The maximum Gasteiger partial charge on any atom is 0.338 e. The molecule has 2 aromatic carbocycles. The Morgan fingerprint density at radius 2 is 1.77 bits per heavy atom. The fourth-order valence-corrected chi connectivity index (χ4v) is 3.31. The van der Waals surface area contributed by atoms with Crippen LogP contribution in [0.2, 0.25) is 0 Å². The van der Waals surface area contributed by atoms with Gasteiger partial charge in [0.1, 0.15) is 0 Å². The van der Waals surface area contributed by atoms with Crippen molar-refractivity contribution in [3.63, 3.8) is 0 Å². The van der Waals surface area contributed by atoms with Crippen molar-refractivity contribution in [1.29, 1.82) is 0 Å². The second-order valence-corrected chi connectivity index (χ2v) is 7.23. The quantitative estimate of drug-likeness (QED) is 0.607. The van der Waals surface area contributed by atoms with Crippen LogP contribution in [0.1, 0.15) is 34.3 Å². The molecular formula is C22H26N4O4. The number of carbonyl (C=O) groups is 3. The van der Waals surface area contributed by atoms with Gasteiger partial charge in [-0.2, -0.15) is 0 Å². The maximum absolute atomic E-state index is 12.2. The van der Waals surface area contributed by atoms with Gasteiger partial charge in [0.2, 0.25) is 0 Å². The van der Waals surface area contributed by atoms with Gasteiger partial charge < -0.3 is 26.0 Å². The van der Waals surface area contributed by atoms with E-state index in [-0.39, 0.29) is 13.2 Å². The molecule has 0 spiro atoms. The topological polar surface area (TPSA) is 114 Å². The summed E-state index contributed by atoms with van der Waals surface area (Å²) in [5, 5.41) is 5.25. The van der Waals surface area contributed by atoms with E-state index in [2.05, 4.69) is 21.6 Å². The lowest BCUT2D eigenvalue weighted by Crippen LogP contribution is -2.28. The molecule has 4 N–H and O–H groups in total. The molecule has 3 amide bonds. The van der Waals surface area contributed by atoms with Crippen LogP contribution in [0.3, 0.4) is 0 Å². The zero-order chi connectivity index (χ0) is 21.5. The van der Waals surface area contributed by atoms with Gasteiger partial charge in [-0.3, -0.25) is 4.79 Å². The summed E-state index contributed by atoms with van der Waals surface area (Å²) < 4.78 is 5.10. The highest BCUT2D eigenvalue weighted by Crippen LogP contribution is 2.25. The smallest absolute Gasteiger partial charge is 0.338 e. The molecule has 0 unspecified atom stereocenters. The van der Waals surface area contributed by atoms with E-state index in [1.54, 1.807) is 24.3 Å². The van der Waals surface area contributed by atoms with Crippen LogP contribution >= 0.6 is 0 Å². The van der Waals surface area contributed by atoms with Gasteiger partial charge >= 0.3 is 12.0 Å². The molecule has 0 radical (unpaired) electrons. The van der Waals surface area contributed by atoms with E-state index in [0.29, 0.717) is 11.3 Å². The molecule has 30 heavy (non-hydrogen) atoms. The van der Waals surface area contributed by atoms with Crippen LogP contribution in [0.25, 0.3) is 0 Å². The lowest BCUT2D eigenvalue weighted by molar-refractivity contribution is -0.119. The number of amides is 3. The number of benzene rings is 2. The third-order valence-corrected chi connectivity index (χ3v) is 4.95. The Hall–Kier alpha value is -3.55. The van der Waals surface area contributed by atoms with Crippen LogP contribution in [0.4, 0.5) is 16.2 Å². The molecule has 3 rings (SSSR count). The van der Waals surface area contributed by atoms with Crippen molar-refractivity contribution in [1.82, 2.24) is 5.32 Å². The molecule has 1 aliphatic rings. The number of aryl methyl sites for hydroxylation is 1. The predicted molar refractivity (Wildman–Crippen MR) is 114 cm³/mol. The number of hydrogen-bond donors (Lipinski definition) is 3. The molecule has 0 aliphatic carbocycles. The molecule has 158 valence electrons. The average Bonchev–Trinajstić information content (AvgIpc) is 3.27. The van der Waals surface area contributed by atoms with Gasteiger partial charge in [-0.05, 0) is 61.2 Å². The third kappa shape index (κ3) is 5.73. The zero-order valence-corrected chi connectivity index (χ0v) is 16.9. The fourth-order valence-electron chi connectivity index (χ4n) is 3.31. The minimum absolute atomic E-state index is 0.267. The molecule has 8 heteroatoms. The Bertz CT molecular complexity index is 921. The summed E-state index contributed by atoms with van der Waals surface area (Å²) in [4.78, 5) is 37.4. The Labute approximate surface area is 175 Å². The number of ether oxygens (including phenoxy) is 1. The van der Waals surface area contributed by atoms with E-state index in [0.717, 1.165) is 29.9 Å². The molecule has 1 heterocycles. The largest absolute Gasteiger partial charge is 0.452 e. The van der Waals surface area contributed by atoms with E-state index in [9.17, 15) is 14.4 Å². The Balaban J connectivity index is 1.49. The Morgan fingerprint density at radius 1 is 1.07 bits per heavy atom. The second kappa shape index (κ2) is 9.78. The third-order valence-electron chi connectivity index (χ3n) is 4.95. The van der Waals surface area contributed by atoms with Crippen molar-refractivity contribution in [2.45, 2.75) is 26.3 Å². The van der Waals surface area contributed by atoms with E-state index >= 15 is 0 Å². The standard InChI is InChI=1S/C22H26N4O4/c1-15-12-18(26-10-2-3-11-26)8-9-19(15)25-20(27)14-30-21(28)17-6-4-16(5-7-17)13-24-22(23)29/h4-9,12H,2-3,10-11,13-14H2,1H3,(H,25,27)(H3,23,24,29). The van der Waals surface area contributed by atoms with Crippen molar-refractivity contribution in [2.75, 3.05) is 29.9 Å². The molecule has 0 aromatic heterocycles. The lowest BCUT2D eigenvalue weighted by atomic mass is 10.1. The van der Waals surface area contributed by atoms with Gasteiger partial charge in [0.05, 0.1) is 5.56 Å². The molecule has 1 fully saturated rings. The first kappa shape index (κ1) is 21.2. The molecule has 1 aliphatic heterocycles. The molecule has 2 aromatic rings. The van der Waals surface area contributed by atoms with Gasteiger partial charge in [0.15, 0.2) is 6.61 Å². The van der Waals surface area contributed by atoms with Crippen LogP contribution in [0.15, 0.2) is 42.5 Å². The van der Waals surface area contributed by atoms with Crippen LogP contribution < -0.4 is 21.3 Å². The van der Waals surface area contributed by atoms with Crippen molar-refractivity contribution >= 4 is 29.3 Å². The first-order valence-electron chi connectivity index (χ1n) is 9.87. The molecule has 0 bridgehead atoms. The van der Waals surface area contributed by atoms with Crippen LogP contribution in [-0.2, 0) is 16.1 Å². The van der Waals surface area contributed by atoms with Crippen molar-refractivity contribution in [2.24, 2.45) is 5.73 Å². The minimum atomic E-state index is -0.620. The van der Waals surface area contributed by atoms with Crippen molar-refractivity contribution in [3.05, 3.63) is 59.2 Å². The normalized spacial score (nSPS) is 13.0. The first-order valence-corrected chi connectivity index (χ1v) is 9.87. The molecule has 0 atom stereocenters. The van der Waals surface area contributed by atoms with E-state index < -0.39 is 17.9 Å². The van der Waals surface area contributed by atoms with Gasteiger partial charge in [0, 0.05) is 31.0 Å². The van der Waals surface area contributed by atoms with Gasteiger partial charge in [-0.15, -0.1) is 0 Å². The van der Waals surface area contributed by atoms with Crippen LogP contribution in [0, 0.1) is 6.92 Å². The summed E-state index contributed by atoms with van der Waals surface area (Å²) in [6, 6.07) is 11.8. The lowest BCUT2D eigenvalue weighted by Gasteiger charge is -2.19. The highest BCUT2D eigenvalue weighted by atomic mass is 16.5. The second-order valence-electron chi connectivity index (χ2n) is 7.23. The zero-order valence-electron chi connectivity index (χ0n) is 16.9. The molecule has 0 saturated carbocycles. The Morgan fingerprint density at radius 3 is 2.40 bits per heavy atom.